The molecule has 15 heavy (non-hydrogen) atoms. The Balaban J connectivity index is 0.00000196. The molecule has 1 aromatic heterocycles. The molecule has 0 atom stereocenters. The van der Waals surface area contributed by atoms with Crippen LogP contribution in [0.5, 0.6) is 0 Å². The minimum Gasteiger partial charge on any atom is -1.00 e. The fourth-order valence-corrected chi connectivity index (χ4v) is 1.91. The van der Waals surface area contributed by atoms with E-state index in [1.807, 2.05) is 0 Å². The maximum absolute atomic E-state index is 2.37. The molecule has 0 bridgehead atoms. The molecule has 88 valence electrons. The Morgan fingerprint density at radius 3 is 2.33 bits per heavy atom. The van der Waals surface area contributed by atoms with Crippen LogP contribution in [0.1, 0.15) is 44.0 Å². The second kappa shape index (κ2) is 6.89. The summed E-state index contributed by atoms with van der Waals surface area (Å²) in [5.74, 6) is 0. The molecule has 0 saturated heterocycles. The Labute approximate surface area is 99.7 Å². The van der Waals surface area contributed by atoms with Crippen LogP contribution in [0, 0.1) is 13.8 Å². The number of hydrogen-bond acceptors (Lipinski definition) is 0. The Kier molecular flexibility index (Phi) is 6.66. The molecule has 0 unspecified atom stereocenters. The fourth-order valence-electron chi connectivity index (χ4n) is 1.91. The van der Waals surface area contributed by atoms with Crippen LogP contribution in [0.2, 0.25) is 0 Å². The highest BCUT2D eigenvalue weighted by Crippen LogP contribution is 2.04. The molecule has 1 rings (SSSR count). The molecule has 0 aliphatic heterocycles. The Morgan fingerprint density at radius 1 is 1.20 bits per heavy atom. The predicted octanol–water partition coefficient (Wildman–Crippen LogP) is -0.486. The lowest BCUT2D eigenvalue weighted by Crippen LogP contribution is -3.00. The van der Waals surface area contributed by atoms with E-state index in [0.717, 1.165) is 6.54 Å². The maximum atomic E-state index is 2.37. The molecular formula is C12H23ClN2. The van der Waals surface area contributed by atoms with E-state index in [9.17, 15) is 0 Å². The molecule has 0 N–H and O–H groups in total. The zero-order valence-electron chi connectivity index (χ0n) is 10.4. The molecule has 1 heterocycles. The zero-order valence-corrected chi connectivity index (χ0v) is 11.1. The number of aromatic nitrogens is 2. The van der Waals surface area contributed by atoms with Gasteiger partial charge in [-0.15, -0.1) is 4.68 Å². The average molecular weight is 231 g/mol. The molecule has 2 nitrogen and oxygen atoms in total. The third-order valence-corrected chi connectivity index (χ3v) is 2.92. The molecule has 0 saturated carbocycles. The van der Waals surface area contributed by atoms with Crippen molar-refractivity contribution in [2.24, 2.45) is 7.05 Å². The van der Waals surface area contributed by atoms with Gasteiger partial charge in [0.15, 0.2) is 7.05 Å². The van der Waals surface area contributed by atoms with Crippen molar-refractivity contribution in [3.05, 3.63) is 17.5 Å². The lowest BCUT2D eigenvalue weighted by Gasteiger charge is -2.02. The predicted molar refractivity (Wildman–Crippen MR) is 59.2 cm³/mol. The lowest BCUT2D eigenvalue weighted by molar-refractivity contribution is -0.759. The smallest absolute Gasteiger partial charge is 0.204 e. The van der Waals surface area contributed by atoms with Crippen molar-refractivity contribution in [3.63, 3.8) is 0 Å². The summed E-state index contributed by atoms with van der Waals surface area (Å²) in [5.41, 5.74) is 2.72. The van der Waals surface area contributed by atoms with Gasteiger partial charge in [-0.05, 0) is 13.3 Å². The summed E-state index contributed by atoms with van der Waals surface area (Å²) < 4.78 is 4.62. The van der Waals surface area contributed by atoms with Gasteiger partial charge < -0.3 is 12.4 Å². The topological polar surface area (TPSA) is 8.81 Å². The minimum absolute atomic E-state index is 0. The van der Waals surface area contributed by atoms with Crippen LogP contribution in [0.3, 0.4) is 0 Å². The number of nitrogens with zero attached hydrogens (tertiary/aromatic N) is 2. The van der Waals surface area contributed by atoms with Crippen molar-refractivity contribution in [1.82, 2.24) is 4.68 Å². The number of hydrogen-bond donors (Lipinski definition) is 0. The summed E-state index contributed by atoms with van der Waals surface area (Å²) in [5, 5.41) is 0. The lowest BCUT2D eigenvalue weighted by atomic mass is 10.2. The van der Waals surface area contributed by atoms with Crippen LogP contribution >= 0.6 is 0 Å². The van der Waals surface area contributed by atoms with E-state index < -0.39 is 0 Å². The monoisotopic (exact) mass is 230 g/mol. The molecule has 0 spiro atoms. The van der Waals surface area contributed by atoms with Crippen molar-refractivity contribution in [3.8, 4) is 0 Å². The normalized spacial score (nSPS) is 10.1. The van der Waals surface area contributed by atoms with Crippen LogP contribution in [-0.2, 0) is 13.6 Å². The van der Waals surface area contributed by atoms with Gasteiger partial charge in [0, 0.05) is 13.0 Å². The largest absolute Gasteiger partial charge is 1.00 e. The van der Waals surface area contributed by atoms with E-state index in [4.69, 9.17) is 0 Å². The SMILES string of the molecule is CCCCCCn1c(C)cc(C)[n+]1C.[Cl-]. The van der Waals surface area contributed by atoms with Crippen molar-refractivity contribution in [2.45, 2.75) is 53.0 Å². The highest BCUT2D eigenvalue weighted by Gasteiger charge is 2.11. The van der Waals surface area contributed by atoms with Gasteiger partial charge in [-0.3, -0.25) is 0 Å². The van der Waals surface area contributed by atoms with E-state index in [-0.39, 0.29) is 12.4 Å². The first-order valence-electron chi connectivity index (χ1n) is 5.70. The molecule has 0 aliphatic rings. The summed E-state index contributed by atoms with van der Waals surface area (Å²) >= 11 is 0. The van der Waals surface area contributed by atoms with Crippen molar-refractivity contribution >= 4 is 0 Å². The molecule has 0 aromatic carbocycles. The Bertz CT molecular complexity index is 292. The first kappa shape index (κ1) is 14.5. The first-order chi connectivity index (χ1) is 6.66. The second-order valence-electron chi connectivity index (χ2n) is 4.13. The number of halogens is 1. The molecule has 0 amide bonds. The number of unbranched alkanes of at least 4 members (excludes halogenated alkanes) is 3. The summed E-state index contributed by atoms with van der Waals surface area (Å²) in [6.45, 7) is 7.77. The Morgan fingerprint density at radius 2 is 1.87 bits per heavy atom. The van der Waals surface area contributed by atoms with Crippen LogP contribution in [0.15, 0.2) is 6.07 Å². The van der Waals surface area contributed by atoms with Gasteiger partial charge in [-0.1, -0.05) is 26.2 Å². The minimum atomic E-state index is 0. The van der Waals surface area contributed by atoms with E-state index in [0.29, 0.717) is 0 Å². The highest BCUT2D eigenvalue weighted by atomic mass is 35.5. The maximum Gasteiger partial charge on any atom is 0.204 e. The summed E-state index contributed by atoms with van der Waals surface area (Å²) in [6.07, 6.45) is 5.34. The van der Waals surface area contributed by atoms with Gasteiger partial charge in [0.1, 0.15) is 0 Å². The van der Waals surface area contributed by atoms with Crippen LogP contribution < -0.4 is 17.1 Å². The van der Waals surface area contributed by atoms with E-state index in [1.54, 1.807) is 0 Å². The summed E-state index contributed by atoms with van der Waals surface area (Å²) in [7, 11) is 2.14. The van der Waals surface area contributed by atoms with Crippen molar-refractivity contribution in [2.75, 3.05) is 0 Å². The molecule has 0 aliphatic carbocycles. The van der Waals surface area contributed by atoms with Crippen molar-refractivity contribution < 1.29 is 17.1 Å². The number of rotatable bonds is 5. The molecule has 0 radical (unpaired) electrons. The second-order valence-corrected chi connectivity index (χ2v) is 4.13. The van der Waals surface area contributed by atoms with Crippen LogP contribution in [-0.4, -0.2) is 4.68 Å². The number of aryl methyl sites for hydroxylation is 2. The Hall–Kier alpha value is -0.500. The quantitative estimate of drug-likeness (QED) is 0.477. The molecule has 0 fully saturated rings. The van der Waals surface area contributed by atoms with Crippen molar-refractivity contribution in [1.29, 1.82) is 0 Å². The summed E-state index contributed by atoms with van der Waals surface area (Å²) in [4.78, 5) is 0. The van der Waals surface area contributed by atoms with Crippen LogP contribution in [0.25, 0.3) is 0 Å². The highest BCUT2D eigenvalue weighted by molar-refractivity contribution is 5.01. The van der Waals surface area contributed by atoms with Gasteiger partial charge in [0.2, 0.25) is 5.69 Å². The third kappa shape index (κ3) is 3.86. The van der Waals surface area contributed by atoms with E-state index >= 15 is 0 Å². The fraction of sp³-hybridized carbons (Fsp3) is 0.750. The van der Waals surface area contributed by atoms with Gasteiger partial charge in [0.25, 0.3) is 0 Å². The van der Waals surface area contributed by atoms with Crippen LogP contribution in [0.4, 0.5) is 0 Å². The zero-order chi connectivity index (χ0) is 10.6. The third-order valence-electron chi connectivity index (χ3n) is 2.92. The standard InChI is InChI=1S/C12H23N2.ClH/c1-5-6-7-8-9-14-12(3)10-11(2)13(14)4;/h10H,5-9H2,1-4H3;1H/q+1;/p-1. The first-order valence-corrected chi connectivity index (χ1v) is 5.70. The van der Waals surface area contributed by atoms with Gasteiger partial charge in [-0.2, -0.15) is 4.68 Å². The van der Waals surface area contributed by atoms with Gasteiger partial charge in [0.05, 0.1) is 12.2 Å². The van der Waals surface area contributed by atoms with Gasteiger partial charge in [-0.25, -0.2) is 0 Å². The molecule has 3 heteroatoms. The summed E-state index contributed by atoms with van der Waals surface area (Å²) in [6, 6.07) is 2.25. The van der Waals surface area contributed by atoms with Gasteiger partial charge >= 0.3 is 0 Å². The molecular weight excluding hydrogens is 208 g/mol. The average Bonchev–Trinajstić information content (AvgIpc) is 2.38. The van der Waals surface area contributed by atoms with E-state index in [1.165, 1.54) is 37.1 Å². The van der Waals surface area contributed by atoms with E-state index in [2.05, 4.69) is 43.2 Å². The molecule has 1 aromatic rings.